The number of fused-ring (bicyclic) bond motifs is 10. The summed E-state index contributed by atoms with van der Waals surface area (Å²) >= 11 is -6.64. The Bertz CT molecular complexity index is 3410. The van der Waals surface area contributed by atoms with Gasteiger partial charge < -0.3 is 26.8 Å². The summed E-state index contributed by atoms with van der Waals surface area (Å²) in [6.45, 7) is 0. The summed E-state index contributed by atoms with van der Waals surface area (Å²) in [6.07, 6.45) is 6.89. The number of rotatable bonds is 4. The summed E-state index contributed by atoms with van der Waals surface area (Å²) in [7, 11) is 0. The molecule has 0 fully saturated rings. The molecule has 69 heavy (non-hydrogen) atoms. The van der Waals surface area contributed by atoms with Gasteiger partial charge in [0.05, 0.1) is 23.0 Å². The minimum absolute atomic E-state index is 0.347. The van der Waals surface area contributed by atoms with E-state index in [0.717, 1.165) is 33.0 Å². The molecule has 11 nitrogen and oxygen atoms in total. The third kappa shape index (κ3) is 8.88. The van der Waals surface area contributed by atoms with Gasteiger partial charge in [0.25, 0.3) is 0 Å². The van der Waals surface area contributed by atoms with Gasteiger partial charge in [-0.05, 0) is 95.1 Å². The average Bonchev–Trinajstić information content (AvgIpc) is 3.93. The molecule has 0 saturated carbocycles. The molecule has 4 heterocycles. The molecule has 0 atom stereocenters. The molecule has 0 radical (unpaired) electrons. The second kappa shape index (κ2) is 18.8. The number of nitrogens with zero attached hydrogens (tertiary/aromatic N) is 4. The van der Waals surface area contributed by atoms with E-state index in [2.05, 4.69) is 36.4 Å². The van der Waals surface area contributed by atoms with Gasteiger partial charge >= 0.3 is 30.3 Å². The fraction of sp³-hybridized carbons (Fsp3) is 0. The first kappa shape index (κ1) is 42.1. The third-order valence-electron chi connectivity index (χ3n) is 11.6. The Morgan fingerprint density at radius 2 is 0.652 bits per heavy atom. The van der Waals surface area contributed by atoms with E-state index < -0.39 is 30.3 Å². The van der Waals surface area contributed by atoms with E-state index in [-0.39, 0.29) is 0 Å². The average molecular weight is 931 g/mol. The molecule has 8 aromatic carbocycles. The first-order chi connectivity index (χ1) is 34.1. The van der Waals surface area contributed by atoms with Crippen LogP contribution in [0.3, 0.4) is 0 Å². The second-order valence-corrected chi connectivity index (χ2v) is 19.2. The molecule has 0 unspecified atom stereocenters. The highest BCUT2D eigenvalue weighted by Crippen LogP contribution is 2.43. The fourth-order valence-electron chi connectivity index (χ4n) is 8.16. The Morgan fingerprint density at radius 1 is 0.319 bits per heavy atom. The van der Waals surface area contributed by atoms with E-state index in [9.17, 15) is 0 Å². The van der Waals surface area contributed by atoms with Crippen molar-refractivity contribution in [3.05, 3.63) is 216 Å². The maximum Gasteiger partial charge on any atom is 1.07 e. The van der Waals surface area contributed by atoms with Crippen molar-refractivity contribution in [1.29, 1.82) is 0 Å². The zero-order chi connectivity index (χ0) is 45.9. The molecule has 13 heteroatoms. The molecule has 12 rings (SSSR count). The molecule has 0 amide bonds. The molecule has 0 N–H and O–H groups in total. The maximum absolute atomic E-state index is 6.92. The number of aliphatic imine (C=N–C) groups is 4. The van der Waals surface area contributed by atoms with Gasteiger partial charge in [0, 0.05) is 57.9 Å². The number of furan rings is 2. The van der Waals surface area contributed by atoms with Gasteiger partial charge in [0.2, 0.25) is 11.8 Å². The van der Waals surface area contributed by atoms with Crippen LogP contribution >= 0.6 is 0 Å². The molecular weight excluding hydrogens is 895 g/mol. The van der Waals surface area contributed by atoms with Crippen LogP contribution in [0.5, 0.6) is 23.0 Å². The summed E-state index contributed by atoms with van der Waals surface area (Å²) in [4.78, 5) is 19.8. The lowest BCUT2D eigenvalue weighted by Crippen LogP contribution is -2.46. The normalized spacial score (nSPS) is 14.1. The van der Waals surface area contributed by atoms with Crippen LogP contribution in [0.1, 0.15) is 22.3 Å². The highest BCUT2D eigenvalue weighted by molar-refractivity contribution is 6.54. The summed E-state index contributed by atoms with van der Waals surface area (Å²) in [5.74, 6) is 2.64. The van der Waals surface area contributed by atoms with Gasteiger partial charge in [0.15, 0.2) is 0 Å². The van der Waals surface area contributed by atoms with Gasteiger partial charge in [-0.2, -0.15) is 0 Å². The van der Waals surface area contributed by atoms with E-state index in [4.69, 9.17) is 46.8 Å². The highest BCUT2D eigenvalue weighted by Gasteiger charge is 2.53. The molecule has 2 aliphatic heterocycles. The van der Waals surface area contributed by atoms with Crippen molar-refractivity contribution in [2.45, 2.75) is 0 Å². The van der Waals surface area contributed by atoms with Crippen LogP contribution in [0, 0.1) is 0 Å². The van der Waals surface area contributed by atoms with E-state index in [0.29, 0.717) is 79.6 Å². The standard InChI is InChI=1S/2C28H20N2O3.2Al.O/c2*31-24-12-6-4-10-21(24)17-29-27-23-16-20(19-8-2-1-3-9-19)14-15-26(23)33-28(27)30-18-22-11-5-7-13-25(22)32;;;/h2*1-18,31-32H;;;/q;;2*+2;/p-4/b2*29-17?,30-18+;;;. The topological polar surface area (TPSA) is 122 Å². The Morgan fingerprint density at radius 3 is 1.03 bits per heavy atom. The third-order valence-corrected chi connectivity index (χ3v) is 15.2. The maximum atomic E-state index is 6.92. The van der Waals surface area contributed by atoms with Crippen LogP contribution in [-0.2, 0) is 2.84 Å². The smallest absolute Gasteiger partial charge is 0.589 e. The van der Waals surface area contributed by atoms with Gasteiger partial charge in [-0.15, -0.1) is 0 Å². The highest BCUT2D eigenvalue weighted by atomic mass is 27.3. The molecule has 328 valence electrons. The first-order valence-corrected chi connectivity index (χ1v) is 25.1. The van der Waals surface area contributed by atoms with Gasteiger partial charge in [-0.1, -0.05) is 121 Å². The van der Waals surface area contributed by atoms with Crippen molar-refractivity contribution in [2.75, 3.05) is 0 Å². The molecule has 0 aliphatic carbocycles. The molecular formula is C56H36Al2N4O7. The largest absolute Gasteiger partial charge is 1.07 e. The van der Waals surface area contributed by atoms with Crippen molar-refractivity contribution in [2.24, 2.45) is 20.0 Å². The lowest BCUT2D eigenvalue weighted by molar-refractivity contribution is 0.236. The van der Waals surface area contributed by atoms with Crippen molar-refractivity contribution >= 4 is 100 Å². The zero-order valence-electron chi connectivity index (χ0n) is 36.6. The van der Waals surface area contributed by atoms with Crippen molar-refractivity contribution in [3.8, 4) is 45.3 Å². The monoisotopic (exact) mass is 930 g/mol. The lowest BCUT2D eigenvalue weighted by Gasteiger charge is -2.22. The summed E-state index contributed by atoms with van der Waals surface area (Å²) < 4.78 is 46.9. The predicted octanol–water partition coefficient (Wildman–Crippen LogP) is 13.7. The zero-order valence-corrected chi connectivity index (χ0v) is 38.9. The van der Waals surface area contributed by atoms with Crippen LogP contribution in [0.2, 0.25) is 0 Å². The number of para-hydroxylation sites is 4. The molecule has 0 saturated heterocycles. The first-order valence-electron chi connectivity index (χ1n) is 22.2. The van der Waals surface area contributed by atoms with E-state index in [1.165, 1.54) is 0 Å². The van der Waals surface area contributed by atoms with Crippen LogP contribution in [0.15, 0.2) is 223 Å². The number of hydrogen-bond donors (Lipinski definition) is 0. The van der Waals surface area contributed by atoms with Crippen molar-refractivity contribution in [3.63, 3.8) is 0 Å². The summed E-state index contributed by atoms with van der Waals surface area (Å²) in [5, 5.41) is 1.63. The summed E-state index contributed by atoms with van der Waals surface area (Å²) in [5.41, 5.74) is 9.37. The summed E-state index contributed by atoms with van der Waals surface area (Å²) in [6, 6.07) is 62.8. The molecule has 0 bridgehead atoms. The fourth-order valence-corrected chi connectivity index (χ4v) is 11.6. The Hall–Kier alpha value is -8.26. The Balaban J connectivity index is 0.930. The predicted molar refractivity (Wildman–Crippen MR) is 273 cm³/mol. The van der Waals surface area contributed by atoms with E-state index >= 15 is 0 Å². The van der Waals surface area contributed by atoms with Crippen LogP contribution in [-0.4, -0.2) is 55.2 Å². The van der Waals surface area contributed by atoms with Crippen LogP contribution < -0.4 is 15.2 Å². The Kier molecular flexibility index (Phi) is 11.5. The molecule has 2 aliphatic rings. The van der Waals surface area contributed by atoms with Crippen LogP contribution in [0.25, 0.3) is 44.2 Å². The molecule has 0 spiro atoms. The van der Waals surface area contributed by atoms with Gasteiger partial charge in [0.1, 0.15) is 22.5 Å². The Labute approximate surface area is 406 Å². The van der Waals surface area contributed by atoms with Crippen LogP contribution in [0.4, 0.5) is 23.1 Å². The minimum Gasteiger partial charge on any atom is -0.589 e. The molecule has 2 aromatic heterocycles. The lowest BCUT2D eigenvalue weighted by atomic mass is 10.0. The minimum atomic E-state index is -3.32. The number of benzene rings is 8. The van der Waals surface area contributed by atoms with Crippen molar-refractivity contribution < 1.29 is 26.8 Å². The van der Waals surface area contributed by atoms with Gasteiger partial charge in [-0.3, -0.25) is 0 Å². The van der Waals surface area contributed by atoms with E-state index in [1.807, 2.05) is 158 Å². The second-order valence-electron chi connectivity index (χ2n) is 16.0. The SMILES string of the molecule is C1=Nc2c(oc3ccc(-c4ccccc4)cc23)/N=C/c2ccccc2[O][Al]([O][Al]2[O]c3ccccc3C=Nc3c(oc4ccc(-c5ccccc5)cc34)/N=C/c3ccccc3[O]2)[O]c2ccccc21. The quantitative estimate of drug-likeness (QED) is 0.161. The van der Waals surface area contributed by atoms with Crippen molar-refractivity contribution in [1.82, 2.24) is 0 Å². The molecule has 10 aromatic rings. The van der Waals surface area contributed by atoms with E-state index in [1.54, 1.807) is 24.9 Å². The van der Waals surface area contributed by atoms with Gasteiger partial charge in [-0.25, -0.2) is 20.0 Å². The number of hydrogen-bond acceptors (Lipinski definition) is 11.